The molecule has 1 saturated carbocycles. The third kappa shape index (κ3) is 3.14. The van der Waals surface area contributed by atoms with E-state index in [0.717, 1.165) is 30.4 Å². The quantitative estimate of drug-likeness (QED) is 0.819. The summed E-state index contributed by atoms with van der Waals surface area (Å²) in [6.07, 6.45) is 7.81. The number of benzene rings is 1. The Morgan fingerprint density at radius 3 is 2.90 bits per heavy atom. The molecular weight excluding hydrogens is 248 g/mol. The van der Waals surface area contributed by atoms with Gasteiger partial charge in [-0.1, -0.05) is 29.5 Å². The van der Waals surface area contributed by atoms with Crippen LogP contribution in [0.15, 0.2) is 42.6 Å². The van der Waals surface area contributed by atoms with Crippen LogP contribution in [0.25, 0.3) is 11.3 Å². The number of rotatable bonds is 6. The molecule has 0 amide bonds. The maximum Gasteiger partial charge on any atom is 0.0897 e. The molecular formula is C16H20N4. The third-order valence-corrected chi connectivity index (χ3v) is 3.56. The molecule has 0 unspecified atom stereocenters. The SMILES string of the molecule is C/C(=C/CCNC1CC1)c1cnnn1-c1ccccc1. The van der Waals surface area contributed by atoms with Gasteiger partial charge in [-0.05, 0) is 50.4 Å². The van der Waals surface area contributed by atoms with E-state index in [9.17, 15) is 0 Å². The summed E-state index contributed by atoms with van der Waals surface area (Å²) in [5, 5.41) is 11.7. The highest BCUT2D eigenvalue weighted by atomic mass is 15.4. The van der Waals surface area contributed by atoms with Crippen LogP contribution in [0.4, 0.5) is 0 Å². The molecule has 1 heterocycles. The molecule has 1 N–H and O–H groups in total. The van der Waals surface area contributed by atoms with Crippen LogP contribution in [0.3, 0.4) is 0 Å². The Balaban J connectivity index is 1.69. The molecule has 3 rings (SSSR count). The zero-order valence-electron chi connectivity index (χ0n) is 11.8. The van der Waals surface area contributed by atoms with Crippen LogP contribution in [0.2, 0.25) is 0 Å². The monoisotopic (exact) mass is 268 g/mol. The Hall–Kier alpha value is -1.94. The van der Waals surface area contributed by atoms with Crippen molar-refractivity contribution in [2.24, 2.45) is 0 Å². The molecule has 1 aliphatic rings. The topological polar surface area (TPSA) is 42.7 Å². The van der Waals surface area contributed by atoms with Gasteiger partial charge in [-0.25, -0.2) is 4.68 Å². The van der Waals surface area contributed by atoms with Crippen molar-refractivity contribution in [2.75, 3.05) is 6.54 Å². The summed E-state index contributed by atoms with van der Waals surface area (Å²) in [6, 6.07) is 10.9. The summed E-state index contributed by atoms with van der Waals surface area (Å²) >= 11 is 0. The molecule has 1 fully saturated rings. The third-order valence-electron chi connectivity index (χ3n) is 3.56. The van der Waals surface area contributed by atoms with Gasteiger partial charge in [0.1, 0.15) is 0 Å². The lowest BCUT2D eigenvalue weighted by Gasteiger charge is -2.06. The molecule has 0 saturated heterocycles. The second kappa shape index (κ2) is 6.01. The smallest absolute Gasteiger partial charge is 0.0897 e. The Labute approximate surface area is 119 Å². The highest BCUT2D eigenvalue weighted by Gasteiger charge is 2.19. The zero-order valence-corrected chi connectivity index (χ0v) is 11.8. The van der Waals surface area contributed by atoms with Crippen molar-refractivity contribution in [2.45, 2.75) is 32.2 Å². The minimum atomic E-state index is 0.778. The van der Waals surface area contributed by atoms with Crippen LogP contribution < -0.4 is 5.32 Å². The van der Waals surface area contributed by atoms with Gasteiger partial charge in [0, 0.05) is 6.04 Å². The molecule has 1 aliphatic carbocycles. The predicted octanol–water partition coefficient (Wildman–Crippen LogP) is 2.81. The van der Waals surface area contributed by atoms with Crippen LogP contribution in [0.1, 0.15) is 31.9 Å². The first kappa shape index (κ1) is 13.1. The minimum absolute atomic E-state index is 0.778. The van der Waals surface area contributed by atoms with Crippen LogP contribution >= 0.6 is 0 Å². The molecule has 0 aliphatic heterocycles. The molecule has 0 spiro atoms. The van der Waals surface area contributed by atoms with E-state index in [2.05, 4.69) is 28.6 Å². The molecule has 0 bridgehead atoms. The second-order valence-electron chi connectivity index (χ2n) is 5.27. The van der Waals surface area contributed by atoms with Crippen LogP contribution in [-0.4, -0.2) is 27.6 Å². The fraction of sp³-hybridized carbons (Fsp3) is 0.375. The van der Waals surface area contributed by atoms with E-state index in [1.54, 1.807) is 0 Å². The van der Waals surface area contributed by atoms with Gasteiger partial charge in [-0.2, -0.15) is 0 Å². The lowest BCUT2D eigenvalue weighted by atomic mass is 10.2. The molecule has 4 nitrogen and oxygen atoms in total. The number of hydrogen-bond acceptors (Lipinski definition) is 3. The highest BCUT2D eigenvalue weighted by Crippen LogP contribution is 2.19. The normalized spacial score (nSPS) is 15.6. The molecule has 0 atom stereocenters. The van der Waals surface area contributed by atoms with Gasteiger partial charge in [0.2, 0.25) is 0 Å². The first-order valence-electron chi connectivity index (χ1n) is 7.21. The number of hydrogen-bond donors (Lipinski definition) is 1. The summed E-state index contributed by atoms with van der Waals surface area (Å²) in [5.74, 6) is 0. The number of allylic oxidation sites excluding steroid dienone is 1. The average molecular weight is 268 g/mol. The van der Waals surface area contributed by atoms with Gasteiger partial charge in [-0.15, -0.1) is 5.10 Å². The van der Waals surface area contributed by atoms with E-state index in [-0.39, 0.29) is 0 Å². The van der Waals surface area contributed by atoms with Crippen molar-refractivity contribution in [3.63, 3.8) is 0 Å². The van der Waals surface area contributed by atoms with E-state index in [1.165, 1.54) is 18.4 Å². The van der Waals surface area contributed by atoms with E-state index < -0.39 is 0 Å². The predicted molar refractivity (Wildman–Crippen MR) is 80.7 cm³/mol. The lowest BCUT2D eigenvalue weighted by molar-refractivity contribution is 0.690. The first-order valence-corrected chi connectivity index (χ1v) is 7.21. The van der Waals surface area contributed by atoms with Crippen molar-refractivity contribution in [3.8, 4) is 5.69 Å². The molecule has 104 valence electrons. The van der Waals surface area contributed by atoms with E-state index in [1.807, 2.05) is 41.2 Å². The van der Waals surface area contributed by atoms with Crippen molar-refractivity contribution in [3.05, 3.63) is 48.3 Å². The van der Waals surface area contributed by atoms with E-state index in [0.29, 0.717) is 0 Å². The van der Waals surface area contributed by atoms with Gasteiger partial charge in [0.05, 0.1) is 17.6 Å². The first-order chi connectivity index (χ1) is 9.84. The second-order valence-corrected chi connectivity index (χ2v) is 5.27. The Bertz CT molecular complexity index is 582. The summed E-state index contributed by atoms with van der Waals surface area (Å²) in [6.45, 7) is 3.17. The standard InChI is InChI=1S/C16H20N4/c1-13(6-5-11-17-14-9-10-14)16-12-18-19-20(16)15-7-3-2-4-8-15/h2-4,6-8,12,14,17H,5,9-11H2,1H3/b13-6-. The summed E-state index contributed by atoms with van der Waals surface area (Å²) < 4.78 is 1.89. The van der Waals surface area contributed by atoms with Gasteiger partial charge in [-0.3, -0.25) is 0 Å². The van der Waals surface area contributed by atoms with Crippen molar-refractivity contribution in [1.29, 1.82) is 0 Å². The van der Waals surface area contributed by atoms with Crippen LogP contribution in [0.5, 0.6) is 0 Å². The molecule has 2 aromatic rings. The van der Waals surface area contributed by atoms with Gasteiger partial charge < -0.3 is 5.32 Å². The van der Waals surface area contributed by atoms with Crippen LogP contribution in [-0.2, 0) is 0 Å². The fourth-order valence-corrected chi connectivity index (χ4v) is 2.23. The minimum Gasteiger partial charge on any atom is -0.314 e. The molecule has 20 heavy (non-hydrogen) atoms. The fourth-order valence-electron chi connectivity index (χ4n) is 2.23. The van der Waals surface area contributed by atoms with Crippen LogP contribution in [0, 0.1) is 0 Å². The van der Waals surface area contributed by atoms with Gasteiger partial charge >= 0.3 is 0 Å². The lowest BCUT2D eigenvalue weighted by Crippen LogP contribution is -2.16. The van der Waals surface area contributed by atoms with Crippen molar-refractivity contribution >= 4 is 5.57 Å². The maximum atomic E-state index is 4.18. The van der Waals surface area contributed by atoms with Gasteiger partial charge in [0.15, 0.2) is 0 Å². The Morgan fingerprint density at radius 1 is 1.35 bits per heavy atom. The Morgan fingerprint density at radius 2 is 2.15 bits per heavy atom. The van der Waals surface area contributed by atoms with E-state index >= 15 is 0 Å². The number of aromatic nitrogens is 3. The summed E-state index contributed by atoms with van der Waals surface area (Å²) in [7, 11) is 0. The summed E-state index contributed by atoms with van der Waals surface area (Å²) in [4.78, 5) is 0. The van der Waals surface area contributed by atoms with Gasteiger partial charge in [0.25, 0.3) is 0 Å². The Kier molecular flexibility index (Phi) is 3.92. The zero-order chi connectivity index (χ0) is 13.8. The largest absolute Gasteiger partial charge is 0.314 e. The van der Waals surface area contributed by atoms with Crippen molar-refractivity contribution < 1.29 is 0 Å². The number of para-hydroxylation sites is 1. The molecule has 4 heteroatoms. The molecule has 1 aromatic heterocycles. The average Bonchev–Trinajstić information content (AvgIpc) is 3.18. The summed E-state index contributed by atoms with van der Waals surface area (Å²) in [5.41, 5.74) is 3.32. The maximum absolute atomic E-state index is 4.18. The van der Waals surface area contributed by atoms with E-state index in [4.69, 9.17) is 0 Å². The molecule has 1 aromatic carbocycles. The van der Waals surface area contributed by atoms with Crippen molar-refractivity contribution in [1.82, 2.24) is 20.3 Å². The number of nitrogens with one attached hydrogen (secondary N) is 1. The highest BCUT2D eigenvalue weighted by molar-refractivity contribution is 5.61. The number of nitrogens with zero attached hydrogens (tertiary/aromatic N) is 3. The molecule has 0 radical (unpaired) electrons.